The van der Waals surface area contributed by atoms with Crippen LogP contribution in [0.15, 0.2) is 39.1 Å². The maximum Gasteiger partial charge on any atom is 0.352 e. The van der Waals surface area contributed by atoms with Crippen LogP contribution >= 0.6 is 34.9 Å². The molecule has 258 valence electrons. The van der Waals surface area contributed by atoms with Gasteiger partial charge in [0.2, 0.25) is 10.8 Å². The second-order valence-electron chi connectivity index (χ2n) is 10.7. The number of benzene rings is 1. The number of anilines is 1. The Kier molecular flexibility index (Phi) is 9.69. The molecule has 0 saturated carbocycles. The third-order valence-electron chi connectivity index (χ3n) is 6.96. The van der Waals surface area contributed by atoms with Crippen molar-refractivity contribution in [1.29, 1.82) is 0 Å². The van der Waals surface area contributed by atoms with E-state index in [2.05, 4.69) is 31.0 Å². The summed E-state index contributed by atoms with van der Waals surface area (Å²) >= 11 is 3.12. The first-order chi connectivity index (χ1) is 23.1. The number of phenols is 2. The lowest BCUT2D eigenvalue weighted by Crippen LogP contribution is -2.71. The molecule has 1 saturated heterocycles. The number of oxime groups is 1. The highest BCUT2D eigenvalue weighted by atomic mass is 32.2. The highest BCUT2D eigenvalue weighted by molar-refractivity contribution is 8.01. The summed E-state index contributed by atoms with van der Waals surface area (Å²) in [6.07, 6.45) is -0.535. The van der Waals surface area contributed by atoms with Crippen molar-refractivity contribution in [3.8, 4) is 17.2 Å². The van der Waals surface area contributed by atoms with Crippen molar-refractivity contribution in [2.75, 3.05) is 17.2 Å². The number of nitrogen functional groups attached to an aromatic ring is 1. The molecule has 2 amide bonds. The van der Waals surface area contributed by atoms with Gasteiger partial charge in [-0.3, -0.25) is 19.3 Å². The number of aliphatic carboxylic acids is 3. The van der Waals surface area contributed by atoms with Crippen LogP contribution in [0.3, 0.4) is 0 Å². The number of amides is 2. The Bertz CT molecular complexity index is 1940. The Morgan fingerprint density at radius 2 is 1.90 bits per heavy atom. The van der Waals surface area contributed by atoms with E-state index >= 15 is 0 Å². The van der Waals surface area contributed by atoms with Crippen LogP contribution in [0, 0.1) is 0 Å². The van der Waals surface area contributed by atoms with E-state index in [0.717, 1.165) is 44.8 Å². The molecule has 0 spiro atoms. The molecule has 3 aromatic rings. The molecule has 23 heteroatoms. The fraction of sp³-hybridized carbons (Fsp3) is 0.308. The molecule has 2 aromatic heterocycles. The Balaban J connectivity index is 1.35. The van der Waals surface area contributed by atoms with Gasteiger partial charge in [-0.1, -0.05) is 16.9 Å². The zero-order valence-electron chi connectivity index (χ0n) is 25.1. The lowest BCUT2D eigenvalue weighted by molar-refractivity contribution is -0.161. The van der Waals surface area contributed by atoms with Crippen LogP contribution in [0.25, 0.3) is 5.69 Å². The van der Waals surface area contributed by atoms with Crippen LogP contribution in [-0.2, 0) is 35.2 Å². The van der Waals surface area contributed by atoms with Gasteiger partial charge in [0.05, 0.1) is 12.1 Å². The number of hydrogen-bond acceptors (Lipinski definition) is 17. The summed E-state index contributed by atoms with van der Waals surface area (Å²) in [6, 6.07) is 0.966. The molecule has 2 aliphatic heterocycles. The number of hydrogen-bond donors (Lipinski definition) is 7. The van der Waals surface area contributed by atoms with Crippen LogP contribution < -0.4 is 11.1 Å². The van der Waals surface area contributed by atoms with E-state index < -0.39 is 70.4 Å². The maximum absolute atomic E-state index is 13.3. The molecular weight excluding hydrogens is 711 g/mol. The Labute approximate surface area is 286 Å². The van der Waals surface area contributed by atoms with Gasteiger partial charge >= 0.3 is 17.9 Å². The lowest BCUT2D eigenvalue weighted by atomic mass is 10.0. The molecule has 0 bridgehead atoms. The SMILES string of the molecule is CC(C)(O/N=C(\C(=O)NC1C(=O)N2C(C(=O)O)=C(CSc3nnnn3-c3cc(O)c(O)cc3CC(=O)O)CS[C@@H]12)c1csc(N)n1)C(=O)O. The molecule has 49 heavy (non-hydrogen) atoms. The zero-order valence-corrected chi connectivity index (χ0v) is 27.6. The van der Waals surface area contributed by atoms with Gasteiger partial charge in [0.25, 0.3) is 11.8 Å². The smallest absolute Gasteiger partial charge is 0.352 e. The number of phenolic OH excluding ortho intramolecular Hbond substituents is 2. The van der Waals surface area contributed by atoms with Crippen molar-refractivity contribution >= 4 is 75.4 Å². The van der Waals surface area contributed by atoms with E-state index in [9.17, 15) is 49.5 Å². The third kappa shape index (κ3) is 7.07. The molecule has 8 N–H and O–H groups in total. The van der Waals surface area contributed by atoms with Crippen LogP contribution in [0.5, 0.6) is 11.5 Å². The molecule has 1 fully saturated rings. The van der Waals surface area contributed by atoms with E-state index in [-0.39, 0.29) is 44.4 Å². The first-order valence-corrected chi connectivity index (χ1v) is 16.6. The zero-order chi connectivity index (χ0) is 35.8. The molecule has 0 radical (unpaired) electrons. The van der Waals surface area contributed by atoms with Crippen molar-refractivity contribution in [3.63, 3.8) is 0 Å². The molecule has 0 aliphatic carbocycles. The second kappa shape index (κ2) is 13.6. The van der Waals surface area contributed by atoms with E-state index in [1.807, 2.05) is 0 Å². The van der Waals surface area contributed by atoms with Crippen LogP contribution in [0.4, 0.5) is 5.13 Å². The summed E-state index contributed by atoms with van der Waals surface area (Å²) in [4.78, 5) is 72.0. The molecule has 2 atom stereocenters. The van der Waals surface area contributed by atoms with E-state index in [0.29, 0.717) is 5.57 Å². The average Bonchev–Trinajstić information content (AvgIpc) is 3.68. The Morgan fingerprint density at radius 1 is 1.18 bits per heavy atom. The van der Waals surface area contributed by atoms with Crippen LogP contribution in [0.2, 0.25) is 0 Å². The number of carbonyl (C=O) groups excluding carboxylic acids is 2. The van der Waals surface area contributed by atoms with Crippen molar-refractivity contribution in [2.45, 2.75) is 42.4 Å². The maximum atomic E-state index is 13.3. The van der Waals surface area contributed by atoms with E-state index in [4.69, 9.17) is 10.6 Å². The molecular formula is C26H25N9O11S3. The van der Waals surface area contributed by atoms with E-state index in [1.165, 1.54) is 31.0 Å². The van der Waals surface area contributed by atoms with Gasteiger partial charge in [0.1, 0.15) is 22.8 Å². The average molecular weight is 736 g/mol. The minimum Gasteiger partial charge on any atom is -0.504 e. The highest BCUT2D eigenvalue weighted by Crippen LogP contribution is 2.42. The Hall–Kier alpha value is -5.42. The van der Waals surface area contributed by atoms with Gasteiger partial charge < -0.3 is 41.4 Å². The lowest BCUT2D eigenvalue weighted by Gasteiger charge is -2.49. The summed E-state index contributed by atoms with van der Waals surface area (Å²) < 4.78 is 1.12. The summed E-state index contributed by atoms with van der Waals surface area (Å²) in [7, 11) is 0. The van der Waals surface area contributed by atoms with Gasteiger partial charge in [0.15, 0.2) is 22.3 Å². The molecule has 5 rings (SSSR count). The van der Waals surface area contributed by atoms with Crippen molar-refractivity contribution in [3.05, 3.63) is 40.0 Å². The van der Waals surface area contributed by atoms with Gasteiger partial charge in [-0.05, 0) is 41.5 Å². The summed E-state index contributed by atoms with van der Waals surface area (Å²) in [5.41, 5.74) is 3.53. The molecule has 2 aliphatic rings. The summed E-state index contributed by atoms with van der Waals surface area (Å²) in [5, 5.41) is 67.0. The number of carboxylic acids is 3. The number of rotatable bonds is 13. The number of fused-ring (bicyclic) bond motifs is 1. The number of nitrogens with one attached hydrogen (secondary N) is 1. The van der Waals surface area contributed by atoms with Crippen molar-refractivity contribution in [1.82, 2.24) is 35.4 Å². The Morgan fingerprint density at radius 3 is 2.53 bits per heavy atom. The quantitative estimate of drug-likeness (QED) is 0.0395. The van der Waals surface area contributed by atoms with Crippen molar-refractivity contribution in [2.24, 2.45) is 5.16 Å². The van der Waals surface area contributed by atoms with Gasteiger partial charge in [-0.15, -0.1) is 28.2 Å². The number of β-lactam (4-membered cyclic amide) rings is 1. The predicted octanol–water partition coefficient (Wildman–Crippen LogP) is -0.146. The number of aromatic nitrogens is 5. The number of aromatic hydroxyl groups is 2. The molecule has 1 aromatic carbocycles. The van der Waals surface area contributed by atoms with E-state index in [1.54, 1.807) is 0 Å². The highest BCUT2D eigenvalue weighted by Gasteiger charge is 2.54. The first-order valence-electron chi connectivity index (χ1n) is 13.7. The minimum atomic E-state index is -1.82. The van der Waals surface area contributed by atoms with Crippen molar-refractivity contribution < 1.29 is 54.3 Å². The van der Waals surface area contributed by atoms with Crippen LogP contribution in [0.1, 0.15) is 25.1 Å². The van der Waals surface area contributed by atoms with Crippen LogP contribution in [-0.4, -0.2) is 120 Å². The summed E-state index contributed by atoms with van der Waals surface area (Å²) in [6.45, 7) is 2.42. The van der Waals surface area contributed by atoms with Gasteiger partial charge in [0, 0.05) is 23.0 Å². The minimum absolute atomic E-state index is 0.0282. The number of carboxylic acid groups (broad SMARTS) is 3. The number of tetrazole rings is 1. The number of thioether (sulfide) groups is 2. The molecule has 1 unspecified atom stereocenters. The normalized spacial score (nSPS) is 17.7. The number of thiazole rings is 1. The second-order valence-corrected chi connectivity index (χ2v) is 13.7. The standard InChI is InChI=1S/C26H25N9O11S3/c1-26(2,23(44)45)46-31-16(11-8-48-24(27)28-11)19(40)29-17-20(41)34-18(22(42)43)10(6-47-21(17)34)7-49-25-30-32-33-35(25)12-5-14(37)13(36)3-9(12)4-15(38)39/h3,5,8,17,21,36-37H,4,6-7H2,1-2H3,(H2,27,28)(H,29,40)(H,38,39)(H,42,43)(H,44,45)/b31-16-/t17?,21-/m0/s1. The summed E-state index contributed by atoms with van der Waals surface area (Å²) in [5.74, 6) is -6.69. The molecule has 4 heterocycles. The molecule has 20 nitrogen and oxygen atoms in total. The number of nitrogens with zero attached hydrogens (tertiary/aromatic N) is 7. The number of carbonyl (C=O) groups is 5. The topological polar surface area (TPSA) is 306 Å². The first kappa shape index (κ1) is 34.9. The van der Waals surface area contributed by atoms with Gasteiger partial charge in [-0.25, -0.2) is 14.6 Å². The monoisotopic (exact) mass is 735 g/mol. The third-order valence-corrected chi connectivity index (χ3v) is 9.98. The predicted molar refractivity (Wildman–Crippen MR) is 170 cm³/mol. The fourth-order valence-corrected chi connectivity index (χ4v) is 7.40. The number of nitrogens with two attached hydrogens (primary N) is 1. The van der Waals surface area contributed by atoms with Gasteiger partial charge in [-0.2, -0.15) is 4.68 Å². The fourth-order valence-electron chi connectivity index (χ4n) is 4.49. The largest absolute Gasteiger partial charge is 0.504 e.